The molecule has 4 N–H and O–H groups in total. The topological polar surface area (TPSA) is 83.7 Å². The van der Waals surface area contributed by atoms with E-state index in [9.17, 15) is 4.79 Å². The normalized spacial score (nSPS) is 37.2. The number of hydrogen-bond acceptors (Lipinski definition) is 6. The van der Waals surface area contributed by atoms with Gasteiger partial charge in [0, 0.05) is 26.1 Å². The highest BCUT2D eigenvalue weighted by molar-refractivity contribution is 5.82. The van der Waals surface area contributed by atoms with E-state index in [2.05, 4.69) is 21.6 Å². The van der Waals surface area contributed by atoms with Gasteiger partial charge in [0.2, 0.25) is 5.91 Å². The van der Waals surface area contributed by atoms with Gasteiger partial charge < -0.3 is 10.1 Å². The fourth-order valence-electron chi connectivity index (χ4n) is 2.65. The van der Waals surface area contributed by atoms with Crippen LogP contribution in [0.15, 0.2) is 0 Å². The lowest BCUT2D eigenvalue weighted by molar-refractivity contribution is -0.125. The molecule has 7 heteroatoms. The number of hydrazine groups is 1. The van der Waals surface area contributed by atoms with Crippen molar-refractivity contribution in [3.05, 3.63) is 0 Å². The number of amides is 1. The molecule has 0 aromatic carbocycles. The second kappa shape index (κ2) is 5.50. The highest BCUT2D eigenvalue weighted by atomic mass is 16.7. The van der Waals surface area contributed by atoms with Crippen LogP contribution in [0.1, 0.15) is 19.3 Å². The first-order chi connectivity index (χ1) is 8.83. The minimum absolute atomic E-state index is 0.00285. The van der Waals surface area contributed by atoms with Gasteiger partial charge in [0.1, 0.15) is 12.1 Å². The lowest BCUT2D eigenvalue weighted by Gasteiger charge is -2.15. The summed E-state index contributed by atoms with van der Waals surface area (Å²) in [6.45, 7) is 2.32. The Hall–Kier alpha value is -0.730. The maximum absolute atomic E-state index is 12.0. The van der Waals surface area contributed by atoms with Crippen LogP contribution < -0.4 is 21.6 Å². The van der Waals surface area contributed by atoms with Crippen molar-refractivity contribution in [2.75, 3.05) is 19.7 Å². The van der Waals surface area contributed by atoms with Gasteiger partial charge in [0.15, 0.2) is 0 Å². The Kier molecular flexibility index (Phi) is 3.76. The van der Waals surface area contributed by atoms with E-state index < -0.39 is 0 Å². The SMILES string of the molecule is O=C(NC1CNNC1)C1CC(C2CCCO2)ON1. The smallest absolute Gasteiger partial charge is 0.239 e. The molecule has 0 bridgehead atoms. The molecule has 0 saturated carbocycles. The summed E-state index contributed by atoms with van der Waals surface area (Å²) >= 11 is 0. The van der Waals surface area contributed by atoms with Crippen molar-refractivity contribution in [3.8, 4) is 0 Å². The first-order valence-corrected chi connectivity index (χ1v) is 6.62. The summed E-state index contributed by atoms with van der Waals surface area (Å²) in [6, 6.07) is -0.110. The maximum atomic E-state index is 12.0. The Morgan fingerprint density at radius 1 is 1.22 bits per heavy atom. The maximum Gasteiger partial charge on any atom is 0.239 e. The van der Waals surface area contributed by atoms with E-state index in [1.807, 2.05) is 0 Å². The molecule has 0 aromatic rings. The van der Waals surface area contributed by atoms with E-state index in [0.717, 1.165) is 32.5 Å². The fraction of sp³-hybridized carbons (Fsp3) is 0.909. The molecule has 18 heavy (non-hydrogen) atoms. The van der Waals surface area contributed by atoms with Gasteiger partial charge in [-0.2, -0.15) is 5.48 Å². The highest BCUT2D eigenvalue weighted by Gasteiger charge is 2.38. The average Bonchev–Trinajstić information content (AvgIpc) is 3.11. The minimum atomic E-state index is -0.264. The molecule has 3 rings (SSSR count). The van der Waals surface area contributed by atoms with E-state index in [1.54, 1.807) is 0 Å². The molecule has 3 heterocycles. The zero-order chi connectivity index (χ0) is 12.4. The second-order valence-electron chi connectivity index (χ2n) is 5.08. The number of carbonyl (C=O) groups is 1. The van der Waals surface area contributed by atoms with Crippen molar-refractivity contribution in [1.29, 1.82) is 0 Å². The van der Waals surface area contributed by atoms with Gasteiger partial charge in [-0.25, -0.2) is 0 Å². The first-order valence-electron chi connectivity index (χ1n) is 6.62. The monoisotopic (exact) mass is 256 g/mol. The predicted octanol–water partition coefficient (Wildman–Crippen LogP) is -1.58. The summed E-state index contributed by atoms with van der Waals surface area (Å²) in [4.78, 5) is 17.5. The number of hydrogen-bond donors (Lipinski definition) is 4. The Morgan fingerprint density at radius 3 is 2.78 bits per heavy atom. The Labute approximate surface area is 106 Å². The van der Waals surface area contributed by atoms with Crippen LogP contribution in [0.25, 0.3) is 0 Å². The lowest BCUT2D eigenvalue weighted by atomic mass is 10.0. The number of carbonyl (C=O) groups excluding carboxylic acids is 1. The first kappa shape index (κ1) is 12.3. The number of hydroxylamine groups is 1. The van der Waals surface area contributed by atoms with E-state index in [0.29, 0.717) is 6.42 Å². The van der Waals surface area contributed by atoms with Crippen molar-refractivity contribution >= 4 is 5.91 Å². The van der Waals surface area contributed by atoms with Crippen molar-refractivity contribution in [2.45, 2.75) is 43.6 Å². The van der Waals surface area contributed by atoms with Crippen LogP contribution in [-0.4, -0.2) is 49.9 Å². The molecule has 0 aliphatic carbocycles. The summed E-state index contributed by atoms with van der Waals surface area (Å²) < 4.78 is 5.58. The quantitative estimate of drug-likeness (QED) is 0.488. The second-order valence-corrected chi connectivity index (χ2v) is 5.08. The Bertz CT molecular complexity index is 303. The van der Waals surface area contributed by atoms with Crippen LogP contribution >= 0.6 is 0 Å². The van der Waals surface area contributed by atoms with Crippen molar-refractivity contribution in [1.82, 2.24) is 21.6 Å². The van der Waals surface area contributed by atoms with Gasteiger partial charge >= 0.3 is 0 Å². The van der Waals surface area contributed by atoms with Gasteiger partial charge in [-0.15, -0.1) is 0 Å². The summed E-state index contributed by atoms with van der Waals surface area (Å²) in [6.07, 6.45) is 2.94. The van der Waals surface area contributed by atoms with Crippen LogP contribution in [0.2, 0.25) is 0 Å². The van der Waals surface area contributed by atoms with E-state index in [4.69, 9.17) is 9.57 Å². The number of ether oxygens (including phenoxy) is 1. The van der Waals surface area contributed by atoms with Gasteiger partial charge in [-0.05, 0) is 12.8 Å². The standard InChI is InChI=1S/C11H20N4O3/c16-11(14-7-5-12-13-6-7)8-4-10(18-15-8)9-2-1-3-17-9/h7-10,12-13,15H,1-6H2,(H,14,16). The molecule has 3 aliphatic heterocycles. The summed E-state index contributed by atoms with van der Waals surface area (Å²) in [5.74, 6) is 0.00555. The van der Waals surface area contributed by atoms with Crippen molar-refractivity contribution in [2.24, 2.45) is 0 Å². The summed E-state index contributed by atoms with van der Waals surface area (Å²) in [5, 5.41) is 2.98. The summed E-state index contributed by atoms with van der Waals surface area (Å²) in [5.41, 5.74) is 8.80. The number of nitrogens with one attached hydrogen (secondary N) is 4. The zero-order valence-electron chi connectivity index (χ0n) is 10.3. The predicted molar refractivity (Wildman–Crippen MR) is 63.3 cm³/mol. The molecule has 0 aromatic heterocycles. The molecule has 1 amide bonds. The van der Waals surface area contributed by atoms with Gasteiger partial charge in [0.05, 0.1) is 12.1 Å². The average molecular weight is 256 g/mol. The Balaban J connectivity index is 1.46. The number of rotatable bonds is 3. The van der Waals surface area contributed by atoms with E-state index >= 15 is 0 Å². The van der Waals surface area contributed by atoms with Crippen LogP contribution in [0.3, 0.4) is 0 Å². The molecule has 0 radical (unpaired) electrons. The third kappa shape index (κ3) is 2.65. The Morgan fingerprint density at radius 2 is 2.06 bits per heavy atom. The van der Waals surface area contributed by atoms with Gasteiger partial charge in [0.25, 0.3) is 0 Å². The van der Waals surface area contributed by atoms with Gasteiger partial charge in [-0.1, -0.05) is 0 Å². The van der Waals surface area contributed by atoms with E-state index in [-0.39, 0.29) is 30.2 Å². The third-order valence-electron chi connectivity index (χ3n) is 3.69. The highest BCUT2D eigenvalue weighted by Crippen LogP contribution is 2.24. The largest absolute Gasteiger partial charge is 0.375 e. The molecule has 3 aliphatic rings. The van der Waals surface area contributed by atoms with Crippen molar-refractivity contribution in [3.63, 3.8) is 0 Å². The molecular weight excluding hydrogens is 236 g/mol. The van der Waals surface area contributed by atoms with Crippen LogP contribution in [0.4, 0.5) is 0 Å². The summed E-state index contributed by atoms with van der Waals surface area (Å²) in [7, 11) is 0. The molecular formula is C11H20N4O3. The van der Waals surface area contributed by atoms with Gasteiger partial charge in [-0.3, -0.25) is 20.5 Å². The molecule has 3 atom stereocenters. The molecule has 3 unspecified atom stereocenters. The molecule has 3 fully saturated rings. The minimum Gasteiger partial charge on any atom is -0.375 e. The van der Waals surface area contributed by atoms with Crippen LogP contribution in [-0.2, 0) is 14.4 Å². The fourth-order valence-corrected chi connectivity index (χ4v) is 2.65. The lowest BCUT2D eigenvalue weighted by Crippen LogP contribution is -2.46. The molecule has 102 valence electrons. The van der Waals surface area contributed by atoms with Crippen LogP contribution in [0.5, 0.6) is 0 Å². The third-order valence-corrected chi connectivity index (χ3v) is 3.69. The van der Waals surface area contributed by atoms with Crippen molar-refractivity contribution < 1.29 is 14.4 Å². The molecule has 3 saturated heterocycles. The van der Waals surface area contributed by atoms with Crippen LogP contribution in [0, 0.1) is 0 Å². The van der Waals surface area contributed by atoms with E-state index in [1.165, 1.54) is 0 Å². The molecule has 7 nitrogen and oxygen atoms in total. The molecule has 0 spiro atoms. The zero-order valence-corrected chi connectivity index (χ0v) is 10.3.